The van der Waals surface area contributed by atoms with Gasteiger partial charge in [-0.3, -0.25) is 14.5 Å². The molecule has 4 rings (SSSR count). The zero-order valence-electron chi connectivity index (χ0n) is 20.1. The van der Waals surface area contributed by atoms with E-state index < -0.39 is 0 Å². The number of hydrogen-bond donors (Lipinski definition) is 0. The number of para-hydroxylation sites is 1. The molecule has 0 radical (unpaired) electrons. The molecular formula is C26H31N3O5S. The molecule has 0 aliphatic carbocycles. The van der Waals surface area contributed by atoms with Crippen LogP contribution in [0.3, 0.4) is 0 Å². The summed E-state index contributed by atoms with van der Waals surface area (Å²) in [7, 11) is 1.66. The molecule has 0 atom stereocenters. The molecule has 0 N–H and O–H groups in total. The van der Waals surface area contributed by atoms with Gasteiger partial charge in [-0.25, -0.2) is 4.98 Å². The Labute approximate surface area is 209 Å². The van der Waals surface area contributed by atoms with Crippen molar-refractivity contribution in [3.63, 3.8) is 0 Å². The lowest BCUT2D eigenvalue weighted by molar-refractivity contribution is -0.149. The largest absolute Gasteiger partial charge is 0.492 e. The third-order valence-corrected chi connectivity index (χ3v) is 6.88. The maximum atomic E-state index is 12.6. The number of likely N-dealkylation sites (tertiary alicyclic amines) is 1. The van der Waals surface area contributed by atoms with Crippen molar-refractivity contribution < 1.29 is 23.8 Å². The summed E-state index contributed by atoms with van der Waals surface area (Å²) >= 11 is 1.52. The van der Waals surface area contributed by atoms with E-state index in [9.17, 15) is 9.59 Å². The predicted octanol–water partition coefficient (Wildman–Crippen LogP) is 4.20. The van der Waals surface area contributed by atoms with E-state index in [-0.39, 0.29) is 24.3 Å². The van der Waals surface area contributed by atoms with Crippen molar-refractivity contribution in [1.29, 1.82) is 0 Å². The molecule has 1 aromatic heterocycles. The lowest BCUT2D eigenvalue weighted by Crippen LogP contribution is -2.43. The molecule has 9 heteroatoms. The number of carbonyl (C=O) groups excluding carboxylic acids is 2. The minimum atomic E-state index is -0.366. The van der Waals surface area contributed by atoms with Crippen molar-refractivity contribution >= 4 is 33.4 Å². The molecule has 35 heavy (non-hydrogen) atoms. The monoisotopic (exact) mass is 497 g/mol. The quantitative estimate of drug-likeness (QED) is 0.388. The summed E-state index contributed by atoms with van der Waals surface area (Å²) in [5.41, 5.74) is 0.935. The molecule has 3 aromatic rings. The number of esters is 1. The first kappa shape index (κ1) is 24.9. The molecule has 1 amide bonds. The molecule has 0 spiro atoms. The summed E-state index contributed by atoms with van der Waals surface area (Å²) in [4.78, 5) is 32.5. The maximum Gasteiger partial charge on any atom is 0.325 e. The van der Waals surface area contributed by atoms with Gasteiger partial charge in [0.25, 0.3) is 5.19 Å². The van der Waals surface area contributed by atoms with Gasteiger partial charge in [-0.2, -0.15) is 0 Å². The van der Waals surface area contributed by atoms with E-state index in [0.717, 1.165) is 54.2 Å². The molecule has 2 heterocycles. The second kappa shape index (κ2) is 12.0. The van der Waals surface area contributed by atoms with Gasteiger partial charge in [0.15, 0.2) is 0 Å². The van der Waals surface area contributed by atoms with Crippen molar-refractivity contribution in [3.8, 4) is 16.7 Å². The van der Waals surface area contributed by atoms with Crippen LogP contribution in [0.5, 0.6) is 16.7 Å². The molecule has 0 saturated carbocycles. The number of rotatable bonds is 10. The van der Waals surface area contributed by atoms with E-state index in [2.05, 4.69) is 9.88 Å². The molecule has 1 aliphatic heterocycles. The van der Waals surface area contributed by atoms with E-state index in [1.807, 2.05) is 48.5 Å². The van der Waals surface area contributed by atoms with Gasteiger partial charge in [-0.15, -0.1) is 0 Å². The van der Waals surface area contributed by atoms with Gasteiger partial charge in [0.2, 0.25) is 5.91 Å². The van der Waals surface area contributed by atoms with Crippen LogP contribution >= 0.6 is 11.3 Å². The first-order valence-electron chi connectivity index (χ1n) is 11.9. The topological polar surface area (TPSA) is 81.2 Å². The number of fused-ring (bicyclic) bond motifs is 1. The van der Waals surface area contributed by atoms with Crippen molar-refractivity contribution in [3.05, 3.63) is 48.5 Å². The number of aromatic nitrogens is 1. The molecule has 2 aromatic carbocycles. The molecule has 0 bridgehead atoms. The number of piperidine rings is 1. The number of ether oxygens (including phenoxy) is 3. The Hall–Kier alpha value is -3.17. The Balaban J connectivity index is 1.16. The SMILES string of the molecule is CCOC(=O)CN(C)C(=O)C1CCN(CCOc2ccc(Oc3nc4ccccc4s3)cc2)CC1. The van der Waals surface area contributed by atoms with Crippen LogP contribution in [0.4, 0.5) is 0 Å². The fraction of sp³-hybridized carbons (Fsp3) is 0.423. The van der Waals surface area contributed by atoms with Crippen LogP contribution < -0.4 is 9.47 Å². The fourth-order valence-electron chi connectivity index (χ4n) is 4.09. The second-order valence-electron chi connectivity index (χ2n) is 8.48. The summed E-state index contributed by atoms with van der Waals surface area (Å²) in [6.07, 6.45) is 1.56. The second-order valence-corrected chi connectivity index (χ2v) is 9.48. The van der Waals surface area contributed by atoms with Crippen LogP contribution in [0, 0.1) is 5.92 Å². The lowest BCUT2D eigenvalue weighted by atomic mass is 9.95. The highest BCUT2D eigenvalue weighted by Crippen LogP contribution is 2.31. The smallest absolute Gasteiger partial charge is 0.325 e. The zero-order valence-corrected chi connectivity index (χ0v) is 21.0. The van der Waals surface area contributed by atoms with E-state index in [1.54, 1.807) is 14.0 Å². The Bertz CT molecular complexity index is 1090. The number of likely N-dealkylation sites (N-methyl/N-ethyl adjacent to an activating group) is 1. The first-order valence-corrected chi connectivity index (χ1v) is 12.7. The highest BCUT2D eigenvalue weighted by Gasteiger charge is 2.28. The van der Waals surface area contributed by atoms with Crippen molar-refractivity contribution in [2.24, 2.45) is 5.92 Å². The minimum Gasteiger partial charge on any atom is -0.492 e. The molecule has 186 valence electrons. The summed E-state index contributed by atoms with van der Waals surface area (Å²) < 4.78 is 17.8. The van der Waals surface area contributed by atoms with Gasteiger partial charge < -0.3 is 19.1 Å². The van der Waals surface area contributed by atoms with Crippen LogP contribution in [0.15, 0.2) is 48.5 Å². The number of benzene rings is 2. The van der Waals surface area contributed by atoms with Gasteiger partial charge in [-0.05, 0) is 69.3 Å². The summed E-state index contributed by atoms with van der Waals surface area (Å²) in [5, 5.41) is 0.619. The molecule has 0 unspecified atom stereocenters. The molecule has 1 saturated heterocycles. The standard InChI is InChI=1S/C26H31N3O5S/c1-3-32-24(30)18-28(2)25(31)19-12-14-29(15-13-19)16-17-33-20-8-10-21(11-9-20)34-26-27-22-6-4-5-7-23(22)35-26/h4-11,19H,3,12-18H2,1-2H3. The van der Waals surface area contributed by atoms with Crippen LogP contribution in [-0.4, -0.2) is 73.1 Å². The van der Waals surface area contributed by atoms with Gasteiger partial charge in [0.1, 0.15) is 24.7 Å². The van der Waals surface area contributed by atoms with E-state index >= 15 is 0 Å². The van der Waals surface area contributed by atoms with Crippen molar-refractivity contribution in [2.75, 3.05) is 46.4 Å². The van der Waals surface area contributed by atoms with Gasteiger partial charge in [-0.1, -0.05) is 23.5 Å². The van der Waals surface area contributed by atoms with E-state index in [4.69, 9.17) is 14.2 Å². The number of amides is 1. The van der Waals surface area contributed by atoms with E-state index in [0.29, 0.717) is 18.4 Å². The van der Waals surface area contributed by atoms with Crippen LogP contribution in [0.1, 0.15) is 19.8 Å². The number of carbonyl (C=O) groups is 2. The molecular weight excluding hydrogens is 466 g/mol. The minimum absolute atomic E-state index is 0.00512. The van der Waals surface area contributed by atoms with E-state index in [1.165, 1.54) is 16.2 Å². The summed E-state index contributed by atoms with van der Waals surface area (Å²) in [6, 6.07) is 15.5. The normalized spacial score (nSPS) is 14.6. The Morgan fingerprint density at radius 1 is 1.09 bits per heavy atom. The number of thiazole rings is 1. The highest BCUT2D eigenvalue weighted by molar-refractivity contribution is 7.20. The maximum absolute atomic E-state index is 12.6. The Morgan fingerprint density at radius 2 is 1.80 bits per heavy atom. The number of nitrogens with zero attached hydrogens (tertiary/aromatic N) is 3. The predicted molar refractivity (Wildman–Crippen MR) is 135 cm³/mol. The first-order chi connectivity index (χ1) is 17.0. The average molecular weight is 498 g/mol. The highest BCUT2D eigenvalue weighted by atomic mass is 32.1. The van der Waals surface area contributed by atoms with Gasteiger partial charge in [0.05, 0.1) is 16.8 Å². The average Bonchev–Trinajstić information content (AvgIpc) is 3.27. The number of hydrogen-bond acceptors (Lipinski definition) is 8. The van der Waals surface area contributed by atoms with Crippen molar-refractivity contribution in [2.45, 2.75) is 19.8 Å². The third-order valence-electron chi connectivity index (χ3n) is 5.96. The third kappa shape index (κ3) is 6.93. The Morgan fingerprint density at radius 3 is 2.51 bits per heavy atom. The van der Waals surface area contributed by atoms with Crippen LogP contribution in [-0.2, 0) is 14.3 Å². The molecule has 1 fully saturated rings. The lowest BCUT2D eigenvalue weighted by Gasteiger charge is -2.32. The zero-order chi connectivity index (χ0) is 24.6. The van der Waals surface area contributed by atoms with Gasteiger partial charge >= 0.3 is 5.97 Å². The van der Waals surface area contributed by atoms with Crippen molar-refractivity contribution in [1.82, 2.24) is 14.8 Å². The Kier molecular flexibility index (Phi) is 8.54. The van der Waals surface area contributed by atoms with Gasteiger partial charge in [0, 0.05) is 19.5 Å². The summed E-state index contributed by atoms with van der Waals surface area (Å²) in [5.74, 6) is 1.11. The molecule has 1 aliphatic rings. The summed E-state index contributed by atoms with van der Waals surface area (Å²) in [6.45, 7) is 5.12. The fourth-order valence-corrected chi connectivity index (χ4v) is 4.92. The van der Waals surface area contributed by atoms with Crippen LogP contribution in [0.25, 0.3) is 10.2 Å². The van der Waals surface area contributed by atoms with Crippen LogP contribution in [0.2, 0.25) is 0 Å². The molecule has 8 nitrogen and oxygen atoms in total.